The minimum absolute atomic E-state index is 0.00216. The summed E-state index contributed by atoms with van der Waals surface area (Å²) in [5, 5.41) is 9.37. The van der Waals surface area contributed by atoms with Crippen LogP contribution in [0, 0.1) is 11.3 Å². The molecule has 2 aliphatic rings. The van der Waals surface area contributed by atoms with Gasteiger partial charge in [-0.1, -0.05) is 0 Å². The molecule has 2 amide bonds. The number of carboxylic acid groups (broad SMARTS) is 1. The summed E-state index contributed by atoms with van der Waals surface area (Å²) in [5.41, 5.74) is -0.811. The third kappa shape index (κ3) is 2.81. The zero-order valence-corrected chi connectivity index (χ0v) is 13.0. The van der Waals surface area contributed by atoms with E-state index in [4.69, 9.17) is 0 Å². The molecule has 2 fully saturated rings. The predicted octanol–water partition coefficient (Wildman–Crippen LogP) is 0.957. The number of likely N-dealkylation sites (tertiary alicyclic amines) is 2. The lowest BCUT2D eigenvalue weighted by Gasteiger charge is -2.40. The van der Waals surface area contributed by atoms with E-state index in [1.54, 1.807) is 20.8 Å². The fourth-order valence-corrected chi connectivity index (χ4v) is 3.34. The molecule has 6 nitrogen and oxygen atoms in total. The number of likely N-dealkylation sites (N-methyl/N-ethyl adjacent to an activating group) is 1. The number of rotatable bonds is 4. The molecule has 2 heterocycles. The molecule has 0 aromatic rings. The summed E-state index contributed by atoms with van der Waals surface area (Å²) in [5.74, 6) is -1.05. The maximum atomic E-state index is 12.3. The van der Waals surface area contributed by atoms with Crippen LogP contribution < -0.4 is 0 Å². The quantitative estimate of drug-likeness (QED) is 0.782. The van der Waals surface area contributed by atoms with E-state index in [1.165, 1.54) is 4.90 Å². The van der Waals surface area contributed by atoms with Gasteiger partial charge >= 0.3 is 5.97 Å². The Balaban J connectivity index is 2.10. The molecular weight excluding hydrogens is 272 g/mol. The SMILES string of the molecule is CCN1C(=O)CC(N2CCCC(C(C)(C)C(=O)O)C2)C1=O. The van der Waals surface area contributed by atoms with Crippen LogP contribution >= 0.6 is 0 Å². The Labute approximate surface area is 125 Å². The van der Waals surface area contributed by atoms with Gasteiger partial charge in [-0.25, -0.2) is 0 Å². The van der Waals surface area contributed by atoms with Gasteiger partial charge in [0.25, 0.3) is 0 Å². The van der Waals surface area contributed by atoms with Crippen molar-refractivity contribution in [2.75, 3.05) is 19.6 Å². The third-order valence-electron chi connectivity index (χ3n) is 5.00. The van der Waals surface area contributed by atoms with Crippen LogP contribution in [0.3, 0.4) is 0 Å². The van der Waals surface area contributed by atoms with Gasteiger partial charge in [-0.05, 0) is 46.1 Å². The van der Waals surface area contributed by atoms with Crippen LogP contribution in [0.15, 0.2) is 0 Å². The van der Waals surface area contributed by atoms with E-state index in [-0.39, 0.29) is 24.2 Å². The van der Waals surface area contributed by atoms with Gasteiger partial charge in [0, 0.05) is 13.1 Å². The second-order valence-corrected chi connectivity index (χ2v) is 6.56. The minimum Gasteiger partial charge on any atom is -0.481 e. The standard InChI is InChI=1S/C15H24N2O4/c1-4-17-12(18)8-11(13(17)19)16-7-5-6-10(9-16)15(2,3)14(20)21/h10-11H,4-9H2,1-3H3,(H,20,21). The Morgan fingerprint density at radius 3 is 2.57 bits per heavy atom. The monoisotopic (exact) mass is 296 g/mol. The first-order valence-corrected chi connectivity index (χ1v) is 7.60. The molecule has 0 saturated carbocycles. The van der Waals surface area contributed by atoms with Gasteiger partial charge in [0.2, 0.25) is 11.8 Å². The van der Waals surface area contributed by atoms with Crippen molar-refractivity contribution in [3.8, 4) is 0 Å². The number of carbonyl (C=O) groups excluding carboxylic acids is 2. The van der Waals surface area contributed by atoms with E-state index in [0.717, 1.165) is 19.4 Å². The number of aliphatic carboxylic acids is 1. The number of carbonyl (C=O) groups is 3. The van der Waals surface area contributed by atoms with Gasteiger partial charge in [0.1, 0.15) is 0 Å². The van der Waals surface area contributed by atoms with Crippen LogP contribution in [0.2, 0.25) is 0 Å². The topological polar surface area (TPSA) is 77.9 Å². The molecule has 2 atom stereocenters. The summed E-state index contributed by atoms with van der Waals surface area (Å²) in [4.78, 5) is 38.8. The Bertz CT molecular complexity index is 461. The van der Waals surface area contributed by atoms with Crippen LogP contribution in [-0.4, -0.2) is 58.4 Å². The Morgan fingerprint density at radius 1 is 1.38 bits per heavy atom. The second-order valence-electron chi connectivity index (χ2n) is 6.56. The van der Waals surface area contributed by atoms with Crippen molar-refractivity contribution < 1.29 is 19.5 Å². The van der Waals surface area contributed by atoms with Gasteiger partial charge in [-0.3, -0.25) is 24.2 Å². The average molecular weight is 296 g/mol. The molecule has 0 aromatic heterocycles. The molecule has 0 radical (unpaired) electrons. The van der Waals surface area contributed by atoms with Crippen LogP contribution in [0.4, 0.5) is 0 Å². The maximum Gasteiger partial charge on any atom is 0.309 e. The Hall–Kier alpha value is -1.43. The molecule has 0 aromatic carbocycles. The molecule has 2 aliphatic heterocycles. The van der Waals surface area contributed by atoms with Crippen molar-refractivity contribution in [1.82, 2.24) is 9.80 Å². The summed E-state index contributed by atoms with van der Waals surface area (Å²) in [7, 11) is 0. The third-order valence-corrected chi connectivity index (χ3v) is 5.00. The summed E-state index contributed by atoms with van der Waals surface area (Å²) in [6.07, 6.45) is 1.94. The van der Waals surface area contributed by atoms with Crippen LogP contribution in [0.5, 0.6) is 0 Å². The first-order chi connectivity index (χ1) is 9.78. The van der Waals surface area contributed by atoms with Crippen molar-refractivity contribution in [3.63, 3.8) is 0 Å². The van der Waals surface area contributed by atoms with Gasteiger partial charge in [0.05, 0.1) is 17.9 Å². The predicted molar refractivity (Wildman–Crippen MR) is 76.5 cm³/mol. The lowest BCUT2D eigenvalue weighted by Crippen LogP contribution is -2.50. The normalized spacial score (nSPS) is 28.2. The van der Waals surface area contributed by atoms with Crippen LogP contribution in [-0.2, 0) is 14.4 Å². The van der Waals surface area contributed by atoms with Gasteiger partial charge in [-0.2, -0.15) is 0 Å². The van der Waals surface area contributed by atoms with Crippen molar-refractivity contribution in [1.29, 1.82) is 0 Å². The Kier molecular flexibility index (Phi) is 4.37. The highest BCUT2D eigenvalue weighted by Crippen LogP contribution is 2.35. The molecule has 0 spiro atoms. The molecule has 2 saturated heterocycles. The molecule has 1 N–H and O–H groups in total. The molecule has 2 unspecified atom stereocenters. The van der Waals surface area contributed by atoms with Gasteiger partial charge in [-0.15, -0.1) is 0 Å². The van der Waals surface area contributed by atoms with Crippen molar-refractivity contribution in [2.45, 2.75) is 46.1 Å². The first-order valence-electron chi connectivity index (χ1n) is 7.60. The number of carboxylic acids is 1. The number of nitrogens with zero attached hydrogens (tertiary/aromatic N) is 2. The summed E-state index contributed by atoms with van der Waals surface area (Å²) < 4.78 is 0. The first kappa shape index (κ1) is 15.9. The number of hydrogen-bond acceptors (Lipinski definition) is 4. The molecule has 0 bridgehead atoms. The smallest absolute Gasteiger partial charge is 0.309 e. The van der Waals surface area contributed by atoms with Gasteiger partial charge < -0.3 is 5.11 Å². The lowest BCUT2D eigenvalue weighted by atomic mass is 9.74. The molecule has 118 valence electrons. The fourth-order valence-electron chi connectivity index (χ4n) is 3.34. The molecule has 0 aliphatic carbocycles. The number of imide groups is 1. The maximum absolute atomic E-state index is 12.3. The van der Waals surface area contributed by atoms with Crippen LogP contribution in [0.25, 0.3) is 0 Å². The molecule has 21 heavy (non-hydrogen) atoms. The van der Waals surface area contributed by atoms with Crippen molar-refractivity contribution in [2.24, 2.45) is 11.3 Å². The summed E-state index contributed by atoms with van der Waals surface area (Å²) >= 11 is 0. The van der Waals surface area contributed by atoms with Crippen molar-refractivity contribution >= 4 is 17.8 Å². The highest BCUT2D eigenvalue weighted by molar-refractivity contribution is 6.05. The highest BCUT2D eigenvalue weighted by Gasteiger charge is 2.45. The number of hydrogen-bond donors (Lipinski definition) is 1. The lowest BCUT2D eigenvalue weighted by molar-refractivity contribution is -0.151. The molecule has 2 rings (SSSR count). The molecule has 6 heteroatoms. The van der Waals surface area contributed by atoms with E-state index in [1.807, 2.05) is 4.90 Å². The highest BCUT2D eigenvalue weighted by atomic mass is 16.4. The van der Waals surface area contributed by atoms with Crippen molar-refractivity contribution in [3.05, 3.63) is 0 Å². The zero-order valence-electron chi connectivity index (χ0n) is 13.0. The second kappa shape index (κ2) is 5.75. The number of piperidine rings is 1. The van der Waals surface area contributed by atoms with Gasteiger partial charge in [0.15, 0.2) is 0 Å². The summed E-state index contributed by atoms with van der Waals surface area (Å²) in [6, 6.07) is -0.398. The largest absolute Gasteiger partial charge is 0.481 e. The minimum atomic E-state index is -0.811. The van der Waals surface area contributed by atoms with E-state index in [2.05, 4.69) is 0 Å². The average Bonchev–Trinajstić information content (AvgIpc) is 2.73. The van der Waals surface area contributed by atoms with E-state index in [9.17, 15) is 19.5 Å². The zero-order chi connectivity index (χ0) is 15.8. The van der Waals surface area contributed by atoms with Crippen LogP contribution in [0.1, 0.15) is 40.0 Å². The van der Waals surface area contributed by atoms with E-state index >= 15 is 0 Å². The number of amides is 2. The summed E-state index contributed by atoms with van der Waals surface area (Å²) in [6.45, 7) is 7.01. The van der Waals surface area contributed by atoms with E-state index < -0.39 is 17.4 Å². The molecular formula is C15H24N2O4. The van der Waals surface area contributed by atoms with E-state index in [0.29, 0.717) is 13.1 Å². The Morgan fingerprint density at radius 2 is 2.05 bits per heavy atom. The fraction of sp³-hybridized carbons (Fsp3) is 0.800.